The van der Waals surface area contributed by atoms with Crippen molar-refractivity contribution in [2.45, 2.75) is 39.5 Å². The molecule has 0 aliphatic carbocycles. The summed E-state index contributed by atoms with van der Waals surface area (Å²) in [6, 6.07) is 12.5. The zero-order chi connectivity index (χ0) is 15.6. The van der Waals surface area contributed by atoms with Gasteiger partial charge in [-0.15, -0.1) is 0 Å². The van der Waals surface area contributed by atoms with Crippen molar-refractivity contribution < 1.29 is 4.74 Å². The molecule has 0 aliphatic heterocycles. The molecule has 0 radical (unpaired) electrons. The lowest BCUT2D eigenvalue weighted by Crippen LogP contribution is -2.00. The molecule has 0 saturated heterocycles. The van der Waals surface area contributed by atoms with Gasteiger partial charge in [-0.2, -0.15) is 0 Å². The first-order valence-electron chi connectivity index (χ1n) is 7.41. The van der Waals surface area contributed by atoms with E-state index in [0.717, 1.165) is 11.3 Å². The zero-order valence-electron chi connectivity index (χ0n) is 13.4. The minimum absolute atomic E-state index is 0.462. The fraction of sp³-hybridized carbons (Fsp3) is 0.368. The summed E-state index contributed by atoms with van der Waals surface area (Å²) in [6.07, 6.45) is 0. The summed E-state index contributed by atoms with van der Waals surface area (Å²) in [5.41, 5.74) is 5.13. The molecule has 21 heavy (non-hydrogen) atoms. The summed E-state index contributed by atoms with van der Waals surface area (Å²) in [7, 11) is 1.67. The van der Waals surface area contributed by atoms with Crippen LogP contribution in [-0.2, 0) is 0 Å². The predicted octanol–water partition coefficient (Wildman–Crippen LogP) is 6.26. The quantitative estimate of drug-likeness (QED) is 0.647. The molecule has 0 spiro atoms. The molecule has 0 fully saturated rings. The number of rotatable bonds is 4. The van der Waals surface area contributed by atoms with Gasteiger partial charge >= 0.3 is 0 Å². The third kappa shape index (κ3) is 3.41. The highest BCUT2D eigenvalue weighted by atomic mass is 35.5. The van der Waals surface area contributed by atoms with E-state index in [0.29, 0.717) is 16.9 Å². The lowest BCUT2D eigenvalue weighted by Gasteiger charge is -2.20. The van der Waals surface area contributed by atoms with Gasteiger partial charge in [-0.25, -0.2) is 0 Å². The van der Waals surface area contributed by atoms with E-state index >= 15 is 0 Å². The van der Waals surface area contributed by atoms with Gasteiger partial charge in [0.05, 0.1) is 7.11 Å². The fourth-order valence-electron chi connectivity index (χ4n) is 2.71. The minimum Gasteiger partial charge on any atom is -0.497 e. The summed E-state index contributed by atoms with van der Waals surface area (Å²) in [4.78, 5) is 0. The molecule has 0 bridgehead atoms. The van der Waals surface area contributed by atoms with Gasteiger partial charge in [-0.3, -0.25) is 0 Å². The summed E-state index contributed by atoms with van der Waals surface area (Å²) >= 11 is 6.26. The monoisotopic (exact) mass is 302 g/mol. The maximum Gasteiger partial charge on any atom is 0.120 e. The molecular formula is C19H23ClO. The van der Waals surface area contributed by atoms with E-state index in [2.05, 4.69) is 52.0 Å². The zero-order valence-corrected chi connectivity index (χ0v) is 14.2. The van der Waals surface area contributed by atoms with Crippen molar-refractivity contribution in [3.63, 3.8) is 0 Å². The van der Waals surface area contributed by atoms with Crippen LogP contribution in [-0.4, -0.2) is 7.11 Å². The highest BCUT2D eigenvalue weighted by Gasteiger charge is 2.16. The molecule has 0 heterocycles. The predicted molar refractivity (Wildman–Crippen MR) is 91.6 cm³/mol. The highest BCUT2D eigenvalue weighted by molar-refractivity contribution is 6.31. The second-order valence-corrected chi connectivity index (χ2v) is 6.44. The van der Waals surface area contributed by atoms with Gasteiger partial charge in [0, 0.05) is 5.02 Å². The van der Waals surface area contributed by atoms with Gasteiger partial charge in [0.1, 0.15) is 5.75 Å². The molecule has 112 valence electrons. The Morgan fingerprint density at radius 1 is 0.905 bits per heavy atom. The maximum absolute atomic E-state index is 6.26. The summed E-state index contributed by atoms with van der Waals surface area (Å²) in [6.45, 7) is 8.91. The van der Waals surface area contributed by atoms with E-state index in [4.69, 9.17) is 16.3 Å². The third-order valence-corrected chi connectivity index (χ3v) is 3.99. The Morgan fingerprint density at radius 3 is 1.95 bits per heavy atom. The van der Waals surface area contributed by atoms with Crippen LogP contribution in [0.1, 0.15) is 50.7 Å². The Kier molecular flexibility index (Phi) is 4.95. The lowest BCUT2D eigenvalue weighted by molar-refractivity contribution is 0.415. The molecule has 0 atom stereocenters. The molecule has 0 aromatic heterocycles. The van der Waals surface area contributed by atoms with Crippen LogP contribution in [0.25, 0.3) is 11.1 Å². The highest BCUT2D eigenvalue weighted by Crippen LogP contribution is 2.38. The average molecular weight is 303 g/mol. The molecule has 0 unspecified atom stereocenters. The largest absolute Gasteiger partial charge is 0.497 e. The second kappa shape index (κ2) is 6.53. The topological polar surface area (TPSA) is 9.23 Å². The number of hydrogen-bond donors (Lipinski definition) is 0. The van der Waals surface area contributed by atoms with Crippen molar-refractivity contribution in [2.75, 3.05) is 7.11 Å². The van der Waals surface area contributed by atoms with Crippen LogP contribution in [0.2, 0.25) is 5.02 Å². The fourth-order valence-corrected chi connectivity index (χ4v) is 2.93. The van der Waals surface area contributed by atoms with E-state index in [1.807, 2.05) is 12.1 Å². The van der Waals surface area contributed by atoms with Crippen molar-refractivity contribution in [3.8, 4) is 16.9 Å². The van der Waals surface area contributed by atoms with Crippen molar-refractivity contribution in [2.24, 2.45) is 0 Å². The van der Waals surface area contributed by atoms with Crippen LogP contribution in [0.4, 0.5) is 0 Å². The molecule has 0 aliphatic rings. The van der Waals surface area contributed by atoms with Gasteiger partial charge < -0.3 is 4.74 Å². The Morgan fingerprint density at radius 2 is 1.48 bits per heavy atom. The number of benzene rings is 2. The number of methoxy groups -OCH3 is 1. The number of ether oxygens (including phenoxy) is 1. The van der Waals surface area contributed by atoms with E-state index in [-0.39, 0.29) is 0 Å². The molecule has 2 rings (SSSR count). The Bertz CT molecular complexity index is 603. The molecule has 0 amide bonds. The van der Waals surface area contributed by atoms with Gasteiger partial charge in [0.25, 0.3) is 0 Å². The van der Waals surface area contributed by atoms with Crippen molar-refractivity contribution >= 4 is 11.6 Å². The molecule has 2 aromatic carbocycles. The first-order valence-corrected chi connectivity index (χ1v) is 7.79. The molecule has 2 heteroatoms. The summed E-state index contributed by atoms with van der Waals surface area (Å²) in [5.74, 6) is 1.72. The second-order valence-electron chi connectivity index (χ2n) is 6.00. The van der Waals surface area contributed by atoms with Crippen LogP contribution in [0.3, 0.4) is 0 Å². The standard InChI is InChI=1S/C19H23ClO/c1-12(2)17-7-6-8-18(13(3)4)19(17)14-9-15(20)11-16(10-14)21-5/h6-13H,1-5H3. The van der Waals surface area contributed by atoms with Gasteiger partial charge in [0.15, 0.2) is 0 Å². The van der Waals surface area contributed by atoms with Crippen LogP contribution < -0.4 is 4.74 Å². The molecule has 0 N–H and O–H groups in total. The van der Waals surface area contributed by atoms with Crippen molar-refractivity contribution in [1.82, 2.24) is 0 Å². The Hall–Kier alpha value is -1.47. The van der Waals surface area contributed by atoms with E-state index in [9.17, 15) is 0 Å². The smallest absolute Gasteiger partial charge is 0.120 e. The van der Waals surface area contributed by atoms with Crippen LogP contribution in [0.15, 0.2) is 36.4 Å². The summed E-state index contributed by atoms with van der Waals surface area (Å²) < 4.78 is 5.37. The third-order valence-electron chi connectivity index (χ3n) is 3.77. The van der Waals surface area contributed by atoms with Gasteiger partial charge in [-0.1, -0.05) is 57.5 Å². The van der Waals surface area contributed by atoms with Gasteiger partial charge in [0.2, 0.25) is 0 Å². The molecular weight excluding hydrogens is 280 g/mol. The number of hydrogen-bond acceptors (Lipinski definition) is 1. The average Bonchev–Trinajstić information content (AvgIpc) is 2.45. The lowest BCUT2D eigenvalue weighted by atomic mass is 9.85. The Labute approximate surface area is 132 Å². The Balaban J connectivity index is 2.74. The van der Waals surface area contributed by atoms with Crippen molar-refractivity contribution in [1.29, 1.82) is 0 Å². The first-order chi connectivity index (χ1) is 9.93. The molecule has 0 saturated carbocycles. The van der Waals surface area contributed by atoms with E-state index < -0.39 is 0 Å². The van der Waals surface area contributed by atoms with E-state index in [1.54, 1.807) is 7.11 Å². The van der Waals surface area contributed by atoms with E-state index in [1.165, 1.54) is 16.7 Å². The molecule has 1 nitrogen and oxygen atoms in total. The normalized spacial score (nSPS) is 11.2. The van der Waals surface area contributed by atoms with Crippen molar-refractivity contribution in [3.05, 3.63) is 52.5 Å². The minimum atomic E-state index is 0.462. The van der Waals surface area contributed by atoms with Crippen LogP contribution in [0, 0.1) is 0 Å². The van der Waals surface area contributed by atoms with Gasteiger partial charge in [-0.05, 0) is 52.3 Å². The molecule has 2 aromatic rings. The van der Waals surface area contributed by atoms with Crippen LogP contribution in [0.5, 0.6) is 5.75 Å². The maximum atomic E-state index is 6.26. The summed E-state index contributed by atoms with van der Waals surface area (Å²) in [5, 5.41) is 0.706. The van der Waals surface area contributed by atoms with Crippen LogP contribution >= 0.6 is 11.6 Å². The first kappa shape index (κ1) is 15.9. The number of halogens is 1. The SMILES string of the molecule is COc1cc(Cl)cc(-c2c(C(C)C)cccc2C(C)C)c1.